The van der Waals surface area contributed by atoms with Crippen LogP contribution in [0.2, 0.25) is 0 Å². The number of rotatable bonds is 5. The molecule has 106 valence electrons. The van der Waals surface area contributed by atoms with Crippen LogP contribution in [0.25, 0.3) is 10.9 Å². The highest BCUT2D eigenvalue weighted by Crippen LogP contribution is 2.23. The van der Waals surface area contributed by atoms with Crippen molar-refractivity contribution in [2.45, 2.75) is 0 Å². The number of ether oxygens (including phenoxy) is 2. The van der Waals surface area contributed by atoms with Crippen molar-refractivity contribution in [3.05, 3.63) is 54.9 Å². The number of para-hydroxylation sites is 1. The van der Waals surface area contributed by atoms with Crippen LogP contribution < -0.4 is 15.2 Å². The Morgan fingerprint density at radius 1 is 0.905 bits per heavy atom. The summed E-state index contributed by atoms with van der Waals surface area (Å²) in [5, 5.41) is 0.803. The van der Waals surface area contributed by atoms with Gasteiger partial charge in [-0.15, -0.1) is 0 Å². The van der Waals surface area contributed by atoms with E-state index in [1.165, 1.54) is 6.33 Å². The van der Waals surface area contributed by atoms with Gasteiger partial charge in [0, 0.05) is 5.69 Å². The summed E-state index contributed by atoms with van der Waals surface area (Å²) < 4.78 is 11.2. The molecule has 0 fully saturated rings. The van der Waals surface area contributed by atoms with Crippen molar-refractivity contribution in [2.75, 3.05) is 18.9 Å². The van der Waals surface area contributed by atoms with E-state index in [-0.39, 0.29) is 0 Å². The number of nitrogens with zero attached hydrogens (tertiary/aromatic N) is 2. The van der Waals surface area contributed by atoms with Crippen LogP contribution in [0.3, 0.4) is 0 Å². The maximum absolute atomic E-state index is 5.79. The average Bonchev–Trinajstić information content (AvgIpc) is 2.53. The van der Waals surface area contributed by atoms with Gasteiger partial charge in [0.05, 0.1) is 10.9 Å². The lowest BCUT2D eigenvalue weighted by atomic mass is 10.2. The molecule has 0 unspecified atom stereocenters. The standard InChI is InChI=1S/C16H15N3O2/c17-12-6-7-15-14(10-12)16(19-11-18-15)21-9-8-20-13-4-2-1-3-5-13/h1-7,10-11H,8-9,17H2. The molecule has 3 aromatic rings. The van der Waals surface area contributed by atoms with Gasteiger partial charge in [0.1, 0.15) is 25.3 Å². The smallest absolute Gasteiger partial charge is 0.224 e. The summed E-state index contributed by atoms with van der Waals surface area (Å²) in [4.78, 5) is 8.33. The van der Waals surface area contributed by atoms with Crippen molar-refractivity contribution in [1.82, 2.24) is 9.97 Å². The maximum Gasteiger partial charge on any atom is 0.224 e. The summed E-state index contributed by atoms with van der Waals surface area (Å²) in [5.74, 6) is 1.34. The van der Waals surface area contributed by atoms with Gasteiger partial charge < -0.3 is 15.2 Å². The fraction of sp³-hybridized carbons (Fsp3) is 0.125. The van der Waals surface area contributed by atoms with E-state index in [9.17, 15) is 0 Å². The molecule has 0 saturated heterocycles. The topological polar surface area (TPSA) is 70.3 Å². The summed E-state index contributed by atoms with van der Waals surface area (Å²) in [6.45, 7) is 0.841. The Morgan fingerprint density at radius 2 is 1.71 bits per heavy atom. The molecular weight excluding hydrogens is 266 g/mol. The van der Waals surface area contributed by atoms with Crippen LogP contribution in [-0.4, -0.2) is 23.2 Å². The molecule has 0 bridgehead atoms. The molecule has 0 aliphatic heterocycles. The first-order valence-corrected chi connectivity index (χ1v) is 6.64. The van der Waals surface area contributed by atoms with Crippen LogP contribution in [0, 0.1) is 0 Å². The van der Waals surface area contributed by atoms with E-state index < -0.39 is 0 Å². The van der Waals surface area contributed by atoms with Gasteiger partial charge in [0.25, 0.3) is 0 Å². The van der Waals surface area contributed by atoms with E-state index >= 15 is 0 Å². The Bertz CT molecular complexity index is 732. The van der Waals surface area contributed by atoms with Crippen LogP contribution >= 0.6 is 0 Å². The predicted molar refractivity (Wildman–Crippen MR) is 81.4 cm³/mol. The van der Waals surface area contributed by atoms with E-state index in [4.69, 9.17) is 15.2 Å². The predicted octanol–water partition coefficient (Wildman–Crippen LogP) is 2.67. The average molecular weight is 281 g/mol. The van der Waals surface area contributed by atoms with E-state index in [0.29, 0.717) is 24.8 Å². The second-order valence-corrected chi connectivity index (χ2v) is 4.47. The minimum Gasteiger partial charge on any atom is -0.490 e. The molecule has 0 atom stereocenters. The van der Waals surface area contributed by atoms with E-state index in [1.807, 2.05) is 42.5 Å². The Hall–Kier alpha value is -2.82. The molecule has 1 aromatic heterocycles. The summed E-state index contributed by atoms with van der Waals surface area (Å²) in [5.41, 5.74) is 7.25. The number of fused-ring (bicyclic) bond motifs is 1. The Labute approximate surface area is 122 Å². The summed E-state index contributed by atoms with van der Waals surface area (Å²) in [6, 6.07) is 15.1. The zero-order valence-electron chi connectivity index (χ0n) is 11.4. The highest BCUT2D eigenvalue weighted by Gasteiger charge is 2.05. The van der Waals surface area contributed by atoms with Crippen LogP contribution in [0.4, 0.5) is 5.69 Å². The monoisotopic (exact) mass is 281 g/mol. The molecule has 5 heteroatoms. The zero-order valence-corrected chi connectivity index (χ0v) is 11.4. The lowest BCUT2D eigenvalue weighted by molar-refractivity contribution is 0.213. The van der Waals surface area contributed by atoms with Crippen molar-refractivity contribution in [3.8, 4) is 11.6 Å². The van der Waals surface area contributed by atoms with E-state index in [1.54, 1.807) is 6.07 Å². The van der Waals surface area contributed by atoms with Crippen molar-refractivity contribution < 1.29 is 9.47 Å². The molecule has 1 heterocycles. The number of nitrogen functional groups attached to an aromatic ring is 1. The first-order chi connectivity index (χ1) is 10.3. The third-order valence-electron chi connectivity index (χ3n) is 2.96. The highest BCUT2D eigenvalue weighted by atomic mass is 16.5. The van der Waals surface area contributed by atoms with E-state index in [0.717, 1.165) is 16.7 Å². The van der Waals surface area contributed by atoms with Gasteiger partial charge >= 0.3 is 0 Å². The van der Waals surface area contributed by atoms with Crippen LogP contribution in [0.5, 0.6) is 11.6 Å². The summed E-state index contributed by atoms with van der Waals surface area (Å²) in [7, 11) is 0. The molecule has 0 aliphatic carbocycles. The minimum absolute atomic E-state index is 0.399. The summed E-state index contributed by atoms with van der Waals surface area (Å²) >= 11 is 0. The molecule has 5 nitrogen and oxygen atoms in total. The molecule has 3 rings (SSSR count). The molecule has 0 spiro atoms. The first kappa shape index (κ1) is 13.2. The summed E-state index contributed by atoms with van der Waals surface area (Å²) in [6.07, 6.45) is 1.48. The van der Waals surface area contributed by atoms with Crippen molar-refractivity contribution in [2.24, 2.45) is 0 Å². The molecule has 0 saturated carbocycles. The Morgan fingerprint density at radius 3 is 2.57 bits per heavy atom. The minimum atomic E-state index is 0.399. The lowest BCUT2D eigenvalue weighted by Crippen LogP contribution is -2.10. The van der Waals surface area contributed by atoms with Gasteiger partial charge in [-0.05, 0) is 30.3 Å². The number of nitrogens with two attached hydrogens (primary N) is 1. The van der Waals surface area contributed by atoms with Crippen molar-refractivity contribution >= 4 is 16.6 Å². The maximum atomic E-state index is 5.79. The molecular formula is C16H15N3O2. The molecule has 0 aliphatic rings. The number of hydrogen-bond acceptors (Lipinski definition) is 5. The van der Waals surface area contributed by atoms with Gasteiger partial charge in [-0.3, -0.25) is 0 Å². The van der Waals surface area contributed by atoms with Gasteiger partial charge in [0.15, 0.2) is 0 Å². The van der Waals surface area contributed by atoms with Gasteiger partial charge in [-0.25, -0.2) is 9.97 Å². The second-order valence-electron chi connectivity index (χ2n) is 4.47. The molecule has 2 N–H and O–H groups in total. The quantitative estimate of drug-likeness (QED) is 0.575. The van der Waals surface area contributed by atoms with E-state index in [2.05, 4.69) is 9.97 Å². The van der Waals surface area contributed by atoms with Crippen LogP contribution in [-0.2, 0) is 0 Å². The van der Waals surface area contributed by atoms with Gasteiger partial charge in [-0.1, -0.05) is 18.2 Å². The lowest BCUT2D eigenvalue weighted by Gasteiger charge is -2.09. The highest BCUT2D eigenvalue weighted by molar-refractivity contribution is 5.86. The fourth-order valence-corrected chi connectivity index (χ4v) is 1.98. The molecule has 21 heavy (non-hydrogen) atoms. The Balaban J connectivity index is 1.64. The van der Waals surface area contributed by atoms with Gasteiger partial charge in [-0.2, -0.15) is 0 Å². The first-order valence-electron chi connectivity index (χ1n) is 6.64. The Kier molecular flexibility index (Phi) is 3.82. The number of hydrogen-bond donors (Lipinski definition) is 1. The second kappa shape index (κ2) is 6.09. The number of anilines is 1. The molecule has 0 amide bonds. The molecule has 0 radical (unpaired) electrons. The van der Waals surface area contributed by atoms with Crippen LogP contribution in [0.1, 0.15) is 0 Å². The van der Waals surface area contributed by atoms with Crippen LogP contribution in [0.15, 0.2) is 54.9 Å². The van der Waals surface area contributed by atoms with Crippen molar-refractivity contribution in [1.29, 1.82) is 0 Å². The van der Waals surface area contributed by atoms with Crippen molar-refractivity contribution in [3.63, 3.8) is 0 Å². The zero-order chi connectivity index (χ0) is 14.5. The fourth-order valence-electron chi connectivity index (χ4n) is 1.98. The third kappa shape index (κ3) is 3.20. The number of aromatic nitrogens is 2. The SMILES string of the molecule is Nc1ccc2ncnc(OCCOc3ccccc3)c2c1. The third-order valence-corrected chi connectivity index (χ3v) is 2.96. The molecule has 2 aromatic carbocycles. The number of benzene rings is 2. The largest absolute Gasteiger partial charge is 0.490 e. The van der Waals surface area contributed by atoms with Gasteiger partial charge in [0.2, 0.25) is 5.88 Å². The normalized spacial score (nSPS) is 10.5.